The highest BCUT2D eigenvalue weighted by Crippen LogP contribution is 2.33. The smallest absolute Gasteiger partial charge is 0.253 e. The number of pyridine rings is 1. The van der Waals surface area contributed by atoms with Gasteiger partial charge in [-0.2, -0.15) is 0 Å². The number of hydrogen-bond acceptors (Lipinski definition) is 5. The second-order valence-corrected chi connectivity index (χ2v) is 14.0. The molecule has 0 saturated carbocycles. The number of nitrogens with zero attached hydrogens (tertiary/aromatic N) is 4. The maximum atomic E-state index is 12.8. The molecule has 2 saturated heterocycles. The van der Waals surface area contributed by atoms with Gasteiger partial charge in [0.1, 0.15) is 5.82 Å². The number of benzene rings is 5. The van der Waals surface area contributed by atoms with Gasteiger partial charge >= 0.3 is 0 Å². The highest BCUT2D eigenvalue weighted by molar-refractivity contribution is 5.95. The number of amides is 2. The van der Waals surface area contributed by atoms with E-state index in [-0.39, 0.29) is 11.8 Å². The third-order valence-corrected chi connectivity index (χ3v) is 10.2. The second-order valence-electron chi connectivity index (χ2n) is 14.0. The van der Waals surface area contributed by atoms with Gasteiger partial charge in [-0.25, -0.2) is 4.98 Å². The number of aromatic nitrogens is 1. The van der Waals surface area contributed by atoms with Gasteiger partial charge in [-0.3, -0.25) is 9.59 Å². The van der Waals surface area contributed by atoms with Gasteiger partial charge in [0.15, 0.2) is 0 Å². The van der Waals surface area contributed by atoms with Crippen LogP contribution in [0.2, 0.25) is 0 Å². The number of piperidine rings is 1. The molecule has 7 nitrogen and oxygen atoms in total. The largest absolute Gasteiger partial charge is 0.385 e. The van der Waals surface area contributed by atoms with Gasteiger partial charge in [-0.05, 0) is 103 Å². The fraction of sp³-hybridized carbons (Fsp3) is 0.212. The van der Waals surface area contributed by atoms with Gasteiger partial charge in [-0.1, -0.05) is 110 Å². The van der Waals surface area contributed by atoms with E-state index in [1.165, 1.54) is 0 Å². The standard InChI is InChI=1S/C26H23NO2.C24H21N3O.C2H6/c28-25(27-19-17-26(29,18-20-27)24-9-5-2-6-10-24)23-15-13-22(14-16-23)12-11-21-7-3-1-4-8-21;28-24(27-18-16-26(17-19-27)23-8-4-5-15-25-23)22-13-11-21(12-14-22)10-9-20-6-2-1-3-7-20;1-2/h1-10,13-16,29H,17-20H2;1-8,11-15H,16-19H2;1-2H3. The minimum atomic E-state index is -0.852. The zero-order chi connectivity index (χ0) is 41.3. The highest BCUT2D eigenvalue weighted by Gasteiger charge is 2.35. The Morgan fingerprint density at radius 2 is 0.881 bits per heavy atom. The average Bonchev–Trinajstić information content (AvgIpc) is 3.32. The lowest BCUT2D eigenvalue weighted by molar-refractivity contribution is -0.0211. The van der Waals surface area contributed by atoms with Crippen LogP contribution in [0.3, 0.4) is 0 Å². The van der Waals surface area contributed by atoms with Gasteiger partial charge in [-0.15, -0.1) is 0 Å². The molecule has 6 aromatic rings. The van der Waals surface area contributed by atoms with Crippen LogP contribution in [0.5, 0.6) is 0 Å². The van der Waals surface area contributed by atoms with Crippen molar-refractivity contribution < 1.29 is 14.7 Å². The first-order valence-corrected chi connectivity index (χ1v) is 20.3. The van der Waals surface area contributed by atoms with E-state index >= 15 is 0 Å². The van der Waals surface area contributed by atoms with E-state index < -0.39 is 5.60 Å². The monoisotopic (exact) mass is 778 g/mol. The number of carbonyl (C=O) groups excluding carboxylic acids is 2. The molecule has 5 aromatic carbocycles. The van der Waals surface area contributed by atoms with Crippen LogP contribution in [0.4, 0.5) is 5.82 Å². The average molecular weight is 779 g/mol. The summed E-state index contributed by atoms with van der Waals surface area (Å²) in [4.78, 5) is 36.0. The van der Waals surface area contributed by atoms with Crippen LogP contribution < -0.4 is 4.90 Å². The molecule has 2 aliphatic rings. The summed E-state index contributed by atoms with van der Waals surface area (Å²) in [5.74, 6) is 13.6. The maximum absolute atomic E-state index is 12.8. The molecule has 8 rings (SSSR count). The number of aliphatic hydroxyl groups is 1. The molecule has 0 atom stereocenters. The Labute approximate surface area is 349 Å². The molecule has 0 spiro atoms. The first-order chi connectivity index (χ1) is 28.9. The Hall–Kier alpha value is -6.93. The molecule has 0 unspecified atom stereocenters. The van der Waals surface area contributed by atoms with Gasteiger partial charge < -0.3 is 19.8 Å². The van der Waals surface area contributed by atoms with Crippen molar-refractivity contribution in [1.29, 1.82) is 0 Å². The molecule has 1 aromatic heterocycles. The van der Waals surface area contributed by atoms with Crippen molar-refractivity contribution in [2.75, 3.05) is 44.2 Å². The van der Waals surface area contributed by atoms with Crippen LogP contribution >= 0.6 is 0 Å². The van der Waals surface area contributed by atoms with Crippen molar-refractivity contribution >= 4 is 17.6 Å². The van der Waals surface area contributed by atoms with E-state index in [0.717, 1.165) is 46.7 Å². The van der Waals surface area contributed by atoms with E-state index in [4.69, 9.17) is 0 Å². The number of rotatable bonds is 4. The fourth-order valence-electron chi connectivity index (χ4n) is 6.89. The molecule has 0 aliphatic carbocycles. The zero-order valence-corrected chi connectivity index (χ0v) is 33.8. The molecule has 7 heteroatoms. The van der Waals surface area contributed by atoms with E-state index in [2.05, 4.69) is 33.6 Å². The predicted molar refractivity (Wildman–Crippen MR) is 237 cm³/mol. The summed E-state index contributed by atoms with van der Waals surface area (Å²) in [6.45, 7) is 8.07. The molecule has 2 aliphatic heterocycles. The lowest BCUT2D eigenvalue weighted by Gasteiger charge is -2.38. The summed E-state index contributed by atoms with van der Waals surface area (Å²) in [6.07, 6.45) is 2.89. The third-order valence-electron chi connectivity index (χ3n) is 10.2. The molecule has 0 bridgehead atoms. The summed E-state index contributed by atoms with van der Waals surface area (Å²) >= 11 is 0. The Balaban J connectivity index is 0.000000191. The van der Waals surface area contributed by atoms with Crippen molar-refractivity contribution in [3.05, 3.63) is 203 Å². The van der Waals surface area contributed by atoms with Crippen molar-refractivity contribution in [1.82, 2.24) is 14.8 Å². The van der Waals surface area contributed by atoms with Crippen LogP contribution in [-0.4, -0.2) is 71.0 Å². The van der Waals surface area contributed by atoms with Crippen LogP contribution in [0.1, 0.15) is 75.2 Å². The van der Waals surface area contributed by atoms with Crippen LogP contribution in [0, 0.1) is 23.7 Å². The van der Waals surface area contributed by atoms with Crippen molar-refractivity contribution in [2.24, 2.45) is 0 Å². The van der Waals surface area contributed by atoms with E-state index in [0.29, 0.717) is 50.1 Å². The van der Waals surface area contributed by atoms with Crippen molar-refractivity contribution in [3.63, 3.8) is 0 Å². The van der Waals surface area contributed by atoms with E-state index in [1.807, 2.05) is 181 Å². The molecule has 0 radical (unpaired) electrons. The molecule has 296 valence electrons. The van der Waals surface area contributed by atoms with E-state index in [1.54, 1.807) is 6.20 Å². The summed E-state index contributed by atoms with van der Waals surface area (Å²) in [5.41, 5.74) is 5.16. The zero-order valence-electron chi connectivity index (χ0n) is 33.8. The Kier molecular flexibility index (Phi) is 14.8. The van der Waals surface area contributed by atoms with Gasteiger partial charge in [0.25, 0.3) is 11.8 Å². The summed E-state index contributed by atoms with van der Waals surface area (Å²) in [7, 11) is 0. The van der Waals surface area contributed by atoms with E-state index in [9.17, 15) is 14.7 Å². The minimum absolute atomic E-state index is 0.00248. The predicted octanol–water partition coefficient (Wildman–Crippen LogP) is 8.68. The molecule has 2 fully saturated rings. The minimum Gasteiger partial charge on any atom is -0.385 e. The van der Waals surface area contributed by atoms with Gasteiger partial charge in [0.2, 0.25) is 0 Å². The lowest BCUT2D eigenvalue weighted by atomic mass is 9.84. The Morgan fingerprint density at radius 3 is 1.31 bits per heavy atom. The number of hydrogen-bond donors (Lipinski definition) is 1. The number of anilines is 1. The topological polar surface area (TPSA) is 77.0 Å². The van der Waals surface area contributed by atoms with Crippen molar-refractivity contribution in [2.45, 2.75) is 32.3 Å². The first kappa shape index (κ1) is 41.7. The van der Waals surface area contributed by atoms with Gasteiger partial charge in [0, 0.05) is 78.8 Å². The van der Waals surface area contributed by atoms with Crippen LogP contribution in [-0.2, 0) is 5.60 Å². The number of likely N-dealkylation sites (tertiary alicyclic amines) is 1. The fourth-order valence-corrected chi connectivity index (χ4v) is 6.89. The summed E-state index contributed by atoms with van der Waals surface area (Å²) < 4.78 is 0. The normalized spacial score (nSPS) is 14.1. The Morgan fingerprint density at radius 1 is 0.492 bits per heavy atom. The lowest BCUT2D eigenvalue weighted by Crippen LogP contribution is -2.49. The third kappa shape index (κ3) is 11.6. The van der Waals surface area contributed by atoms with Crippen LogP contribution in [0.15, 0.2) is 164 Å². The maximum Gasteiger partial charge on any atom is 0.253 e. The van der Waals surface area contributed by atoms with Gasteiger partial charge in [0.05, 0.1) is 5.60 Å². The quantitative estimate of drug-likeness (QED) is 0.181. The Bertz CT molecular complexity index is 2350. The SMILES string of the molecule is CC.O=C(c1ccc(C#Cc2ccccc2)cc1)N1CCC(O)(c2ccccc2)CC1.O=C(c1ccc(C#Cc2ccccc2)cc1)N1CCN(c2ccccn2)CC1. The number of carbonyl (C=O) groups is 2. The molecular weight excluding hydrogens is 729 g/mol. The number of piperazine rings is 1. The molecule has 59 heavy (non-hydrogen) atoms. The second kappa shape index (κ2) is 21.0. The van der Waals surface area contributed by atoms with Crippen molar-refractivity contribution in [3.8, 4) is 23.7 Å². The molecule has 3 heterocycles. The molecular formula is C52H50N4O3. The summed E-state index contributed by atoms with van der Waals surface area (Å²) in [5, 5.41) is 10.9. The van der Waals surface area contributed by atoms with Crippen LogP contribution in [0.25, 0.3) is 0 Å². The highest BCUT2D eigenvalue weighted by atomic mass is 16.3. The molecule has 2 amide bonds. The molecule has 1 N–H and O–H groups in total. The summed E-state index contributed by atoms with van der Waals surface area (Å²) in [6, 6.07) is 50.3. The first-order valence-electron chi connectivity index (χ1n) is 20.3.